The Kier molecular flexibility index (Phi) is 6.53. The monoisotopic (exact) mass is 333 g/mol. The molecule has 0 aliphatic carbocycles. The molecule has 1 saturated heterocycles. The van der Waals surface area contributed by atoms with Crippen molar-refractivity contribution in [1.82, 2.24) is 5.32 Å². The Morgan fingerprint density at radius 1 is 1.40 bits per heavy atom. The van der Waals surface area contributed by atoms with Crippen LogP contribution in [0.5, 0.6) is 0 Å². The van der Waals surface area contributed by atoms with Crippen molar-refractivity contribution >= 4 is 35.1 Å². The molecular weight excluding hydrogens is 313 g/mol. The normalized spacial score (nSPS) is 24.6. The van der Waals surface area contributed by atoms with Gasteiger partial charge in [0, 0.05) is 33.1 Å². The molecule has 1 aliphatic rings. The zero-order valence-corrected chi connectivity index (χ0v) is 14.3. The van der Waals surface area contributed by atoms with Crippen molar-refractivity contribution in [2.75, 3.05) is 18.6 Å². The van der Waals surface area contributed by atoms with Crippen LogP contribution in [0, 0.1) is 5.82 Å². The minimum Gasteiger partial charge on any atom is -0.316 e. The third-order valence-corrected chi connectivity index (χ3v) is 7.36. The van der Waals surface area contributed by atoms with Gasteiger partial charge < -0.3 is 5.32 Å². The molecule has 20 heavy (non-hydrogen) atoms. The van der Waals surface area contributed by atoms with Crippen molar-refractivity contribution in [2.45, 2.75) is 36.3 Å². The van der Waals surface area contributed by atoms with Crippen LogP contribution in [-0.2, 0) is 6.42 Å². The van der Waals surface area contributed by atoms with Gasteiger partial charge in [0.2, 0.25) is 0 Å². The first-order valence-electron chi connectivity index (χ1n) is 7.00. The number of nitrogens with one attached hydrogen (secondary N) is 1. The Labute approximate surface area is 134 Å². The van der Waals surface area contributed by atoms with E-state index in [1.165, 1.54) is 24.0 Å². The van der Waals surface area contributed by atoms with Crippen LogP contribution >= 0.6 is 35.1 Å². The SMILES string of the molecule is CCC1SCCSC1C(Cc1ccc(Cl)cc1F)NC. The van der Waals surface area contributed by atoms with Crippen molar-refractivity contribution in [3.63, 3.8) is 0 Å². The highest BCUT2D eigenvalue weighted by molar-refractivity contribution is 8.07. The molecule has 1 fully saturated rings. The summed E-state index contributed by atoms with van der Waals surface area (Å²) in [5, 5.41) is 5.05. The zero-order chi connectivity index (χ0) is 14.5. The van der Waals surface area contributed by atoms with Gasteiger partial charge in [-0.25, -0.2) is 4.39 Å². The lowest BCUT2D eigenvalue weighted by atomic mass is 10.00. The Morgan fingerprint density at radius 2 is 2.15 bits per heavy atom. The third-order valence-electron chi connectivity index (χ3n) is 3.72. The fourth-order valence-corrected chi connectivity index (χ4v) is 6.08. The second-order valence-corrected chi connectivity index (χ2v) is 8.06. The number of rotatable bonds is 5. The van der Waals surface area contributed by atoms with E-state index in [1.807, 2.05) is 24.9 Å². The van der Waals surface area contributed by atoms with Gasteiger partial charge in [0.15, 0.2) is 0 Å². The molecule has 1 N–H and O–H groups in total. The van der Waals surface area contributed by atoms with Gasteiger partial charge in [-0.05, 0) is 37.6 Å². The van der Waals surface area contributed by atoms with Gasteiger partial charge in [0.05, 0.1) is 0 Å². The molecule has 1 aromatic rings. The van der Waals surface area contributed by atoms with Gasteiger partial charge in [-0.15, -0.1) is 0 Å². The fraction of sp³-hybridized carbons (Fsp3) is 0.600. The number of thioether (sulfide) groups is 2. The third kappa shape index (κ3) is 4.06. The molecule has 0 bridgehead atoms. The number of hydrogen-bond acceptors (Lipinski definition) is 3. The van der Waals surface area contributed by atoms with E-state index in [0.717, 1.165) is 5.56 Å². The first-order chi connectivity index (χ1) is 9.65. The van der Waals surface area contributed by atoms with Gasteiger partial charge in [-0.3, -0.25) is 0 Å². The predicted octanol–water partition coefficient (Wildman–Crippen LogP) is 4.24. The van der Waals surface area contributed by atoms with Gasteiger partial charge in [0.25, 0.3) is 0 Å². The van der Waals surface area contributed by atoms with Crippen LogP contribution in [0.4, 0.5) is 4.39 Å². The van der Waals surface area contributed by atoms with Crippen LogP contribution < -0.4 is 5.32 Å². The smallest absolute Gasteiger partial charge is 0.127 e. The summed E-state index contributed by atoms with van der Waals surface area (Å²) in [4.78, 5) is 0. The first-order valence-corrected chi connectivity index (χ1v) is 9.47. The lowest BCUT2D eigenvalue weighted by Crippen LogP contribution is -2.45. The first kappa shape index (κ1) is 16.5. The minimum atomic E-state index is -0.195. The summed E-state index contributed by atoms with van der Waals surface area (Å²) in [5.74, 6) is 2.22. The molecule has 5 heteroatoms. The van der Waals surface area contributed by atoms with Crippen molar-refractivity contribution < 1.29 is 4.39 Å². The van der Waals surface area contributed by atoms with E-state index in [-0.39, 0.29) is 5.82 Å². The number of benzene rings is 1. The van der Waals surface area contributed by atoms with Gasteiger partial charge >= 0.3 is 0 Å². The molecule has 0 saturated carbocycles. The summed E-state index contributed by atoms with van der Waals surface area (Å²) in [6.07, 6.45) is 1.89. The van der Waals surface area contributed by atoms with E-state index in [9.17, 15) is 4.39 Å². The largest absolute Gasteiger partial charge is 0.316 e. The van der Waals surface area contributed by atoms with Crippen LogP contribution in [-0.4, -0.2) is 35.1 Å². The number of halogens is 2. The highest BCUT2D eigenvalue weighted by Gasteiger charge is 2.31. The average Bonchev–Trinajstić information content (AvgIpc) is 2.46. The fourth-order valence-electron chi connectivity index (χ4n) is 2.62. The van der Waals surface area contributed by atoms with E-state index in [0.29, 0.717) is 28.0 Å². The van der Waals surface area contributed by atoms with Crippen molar-refractivity contribution in [1.29, 1.82) is 0 Å². The van der Waals surface area contributed by atoms with Crippen molar-refractivity contribution in [2.24, 2.45) is 0 Å². The lowest BCUT2D eigenvalue weighted by molar-refractivity contribution is 0.503. The molecule has 1 heterocycles. The Bertz CT molecular complexity index is 444. The maximum Gasteiger partial charge on any atom is 0.127 e. The molecule has 0 amide bonds. The summed E-state index contributed by atoms with van der Waals surface area (Å²) in [7, 11) is 1.98. The van der Waals surface area contributed by atoms with Crippen LogP contribution in [0.3, 0.4) is 0 Å². The Morgan fingerprint density at radius 3 is 2.80 bits per heavy atom. The number of likely N-dealkylation sites (N-methyl/N-ethyl adjacent to an activating group) is 1. The minimum absolute atomic E-state index is 0.195. The summed E-state index contributed by atoms with van der Waals surface area (Å²) in [5.41, 5.74) is 0.750. The predicted molar refractivity (Wildman–Crippen MR) is 90.7 cm³/mol. The van der Waals surface area contributed by atoms with Crippen LogP contribution in [0.15, 0.2) is 18.2 Å². The van der Waals surface area contributed by atoms with E-state index in [1.54, 1.807) is 6.07 Å². The summed E-state index contributed by atoms with van der Waals surface area (Å²) < 4.78 is 14.0. The van der Waals surface area contributed by atoms with Gasteiger partial charge in [-0.2, -0.15) is 23.5 Å². The molecule has 0 radical (unpaired) electrons. The highest BCUT2D eigenvalue weighted by atomic mass is 35.5. The summed E-state index contributed by atoms with van der Waals surface area (Å²) in [6, 6.07) is 5.29. The molecule has 3 unspecified atom stereocenters. The number of hydrogen-bond donors (Lipinski definition) is 1. The van der Waals surface area contributed by atoms with Crippen LogP contribution in [0.25, 0.3) is 0 Å². The molecule has 112 valence electrons. The second kappa shape index (κ2) is 7.92. The maximum absolute atomic E-state index is 14.0. The lowest BCUT2D eigenvalue weighted by Gasteiger charge is -2.36. The summed E-state index contributed by atoms with van der Waals surface area (Å²) >= 11 is 9.90. The van der Waals surface area contributed by atoms with Crippen molar-refractivity contribution in [3.8, 4) is 0 Å². The average molecular weight is 334 g/mol. The quantitative estimate of drug-likeness (QED) is 0.865. The van der Waals surface area contributed by atoms with E-state index in [2.05, 4.69) is 24.0 Å². The molecule has 1 aromatic carbocycles. The molecule has 0 spiro atoms. The molecule has 1 aliphatic heterocycles. The molecule has 2 rings (SSSR count). The topological polar surface area (TPSA) is 12.0 Å². The van der Waals surface area contributed by atoms with Crippen molar-refractivity contribution in [3.05, 3.63) is 34.6 Å². The molecule has 0 aromatic heterocycles. The van der Waals surface area contributed by atoms with E-state index in [4.69, 9.17) is 11.6 Å². The Hall–Kier alpha value is 0.1000. The van der Waals surface area contributed by atoms with E-state index >= 15 is 0 Å². The van der Waals surface area contributed by atoms with Gasteiger partial charge in [-0.1, -0.05) is 24.6 Å². The molecule has 3 atom stereocenters. The standard InChI is InChI=1S/C15H21ClFNS2/c1-3-14-15(20-7-6-19-14)13(18-2)8-10-4-5-11(16)9-12(10)17/h4-5,9,13-15,18H,3,6-8H2,1-2H3. The zero-order valence-electron chi connectivity index (χ0n) is 11.9. The van der Waals surface area contributed by atoms with Gasteiger partial charge in [0.1, 0.15) is 5.82 Å². The molecule has 1 nitrogen and oxygen atoms in total. The molecular formula is C15H21ClFNS2. The maximum atomic E-state index is 14.0. The summed E-state index contributed by atoms with van der Waals surface area (Å²) in [6.45, 7) is 2.24. The van der Waals surface area contributed by atoms with Crippen LogP contribution in [0.2, 0.25) is 5.02 Å². The Balaban J connectivity index is 2.11. The van der Waals surface area contributed by atoms with Crippen LogP contribution in [0.1, 0.15) is 18.9 Å². The second-order valence-electron chi connectivity index (χ2n) is 4.99. The van der Waals surface area contributed by atoms with E-state index < -0.39 is 0 Å². The highest BCUT2D eigenvalue weighted by Crippen LogP contribution is 2.36.